The fraction of sp³-hybridized carbons (Fsp3) is 0.0400. The quantitative estimate of drug-likeness (QED) is 0.370. The maximum absolute atomic E-state index is 6.42. The van der Waals surface area contributed by atoms with E-state index in [4.69, 9.17) is 4.42 Å². The van der Waals surface area contributed by atoms with Gasteiger partial charge in [0.1, 0.15) is 0 Å². The third-order valence-electron chi connectivity index (χ3n) is 4.84. The first-order valence-corrected chi connectivity index (χ1v) is 10.7. The molecule has 0 bridgehead atoms. The molecular weight excluding hydrogens is 395 g/mol. The molecule has 0 radical (unpaired) electrons. The third kappa shape index (κ3) is 2.98. The number of fused-ring (bicyclic) bond motifs is 3. The summed E-state index contributed by atoms with van der Waals surface area (Å²) in [7, 11) is 0. The van der Waals surface area contributed by atoms with Gasteiger partial charge in [-0.2, -0.15) is 0 Å². The van der Waals surface area contributed by atoms with Gasteiger partial charge < -0.3 is 0 Å². The minimum absolute atomic E-state index is 0.113. The fourth-order valence-corrected chi connectivity index (χ4v) is 5.51. The third-order valence-corrected chi connectivity index (χ3v) is 6.90. The number of furan rings is 1. The molecule has 0 aliphatic carbocycles. The molecule has 2 heteroatoms. The molecule has 0 saturated heterocycles. The molecule has 130 valence electrons. The number of rotatable bonds is 3. The number of hydrogen-bond acceptors (Lipinski definition) is 1. The van der Waals surface area contributed by atoms with Crippen molar-refractivity contribution in [2.45, 2.75) is 6.92 Å². The summed E-state index contributed by atoms with van der Waals surface area (Å²) < 4.78 is 8.83. The topological polar surface area (TPSA) is 13.1 Å². The molecule has 1 nitrogen and oxygen atoms in total. The Morgan fingerprint density at radius 2 is 1.44 bits per heavy atom. The molecule has 5 aromatic rings. The van der Waals surface area contributed by atoms with Crippen LogP contribution in [0.25, 0.3) is 32.9 Å². The van der Waals surface area contributed by atoms with Crippen LogP contribution in [0, 0.1) is 6.92 Å². The standard InChI is InChI=1S/C25H18OSe/c1-17-11-13-19(14-12-17)23-24-21-10-6-5-7-18(21)15-16-22(24)26-25(23)27-20-8-3-2-4-9-20/h2-16H,1H3. The maximum atomic E-state index is 6.42. The Bertz CT molecular complexity index is 1230. The molecule has 0 saturated carbocycles. The second kappa shape index (κ2) is 6.74. The fourth-order valence-electron chi connectivity index (χ4n) is 3.50. The summed E-state index contributed by atoms with van der Waals surface area (Å²) in [5.41, 5.74) is 4.71. The van der Waals surface area contributed by atoms with E-state index in [0.29, 0.717) is 0 Å². The second-order valence-corrected chi connectivity index (χ2v) is 8.90. The van der Waals surface area contributed by atoms with E-state index >= 15 is 0 Å². The zero-order valence-corrected chi connectivity index (χ0v) is 16.7. The van der Waals surface area contributed by atoms with Crippen molar-refractivity contribution < 1.29 is 4.42 Å². The Balaban J connectivity index is 1.82. The zero-order chi connectivity index (χ0) is 18.2. The molecule has 0 amide bonds. The van der Waals surface area contributed by atoms with Gasteiger partial charge in [0.2, 0.25) is 0 Å². The molecule has 4 aromatic carbocycles. The molecule has 0 spiro atoms. The summed E-state index contributed by atoms with van der Waals surface area (Å²) in [4.78, 5) is 0. The number of benzene rings is 4. The van der Waals surface area contributed by atoms with Crippen molar-refractivity contribution in [3.63, 3.8) is 0 Å². The predicted molar refractivity (Wildman–Crippen MR) is 115 cm³/mol. The van der Waals surface area contributed by atoms with Gasteiger partial charge in [0.25, 0.3) is 0 Å². The monoisotopic (exact) mass is 414 g/mol. The average molecular weight is 413 g/mol. The van der Waals surface area contributed by atoms with Crippen LogP contribution in [0.4, 0.5) is 0 Å². The van der Waals surface area contributed by atoms with Crippen molar-refractivity contribution in [1.29, 1.82) is 0 Å². The van der Waals surface area contributed by atoms with Crippen LogP contribution < -0.4 is 9.12 Å². The molecule has 0 unspecified atom stereocenters. The molecule has 0 atom stereocenters. The van der Waals surface area contributed by atoms with E-state index < -0.39 is 0 Å². The zero-order valence-electron chi connectivity index (χ0n) is 15.0. The van der Waals surface area contributed by atoms with Crippen LogP contribution in [0.1, 0.15) is 5.56 Å². The Morgan fingerprint density at radius 1 is 0.704 bits per heavy atom. The minimum atomic E-state index is 0.113. The molecular formula is C25H18OSe. The van der Waals surface area contributed by atoms with Gasteiger partial charge in [-0.15, -0.1) is 0 Å². The van der Waals surface area contributed by atoms with Gasteiger partial charge in [-0.25, -0.2) is 0 Å². The summed E-state index contributed by atoms with van der Waals surface area (Å²) in [6.07, 6.45) is 0. The molecule has 1 heterocycles. The van der Waals surface area contributed by atoms with Crippen molar-refractivity contribution >= 4 is 45.8 Å². The summed E-state index contributed by atoms with van der Waals surface area (Å²) in [5, 5.41) is 3.73. The van der Waals surface area contributed by atoms with E-state index in [2.05, 4.69) is 97.9 Å². The normalized spacial score (nSPS) is 11.3. The van der Waals surface area contributed by atoms with E-state index in [-0.39, 0.29) is 15.0 Å². The van der Waals surface area contributed by atoms with Gasteiger partial charge in [0, 0.05) is 0 Å². The van der Waals surface area contributed by atoms with Gasteiger partial charge in [0.15, 0.2) is 0 Å². The Labute approximate surface area is 164 Å². The van der Waals surface area contributed by atoms with Crippen LogP contribution in [0.15, 0.2) is 95.4 Å². The van der Waals surface area contributed by atoms with Crippen molar-refractivity contribution in [1.82, 2.24) is 0 Å². The molecule has 0 aliphatic heterocycles. The van der Waals surface area contributed by atoms with Gasteiger partial charge in [0.05, 0.1) is 0 Å². The van der Waals surface area contributed by atoms with Crippen molar-refractivity contribution in [2.24, 2.45) is 0 Å². The number of hydrogen-bond donors (Lipinski definition) is 0. The summed E-state index contributed by atoms with van der Waals surface area (Å²) in [6, 6.07) is 32.2. The Morgan fingerprint density at radius 3 is 2.26 bits per heavy atom. The molecule has 1 aromatic heterocycles. The summed E-state index contributed by atoms with van der Waals surface area (Å²) in [5.74, 6) is 0. The van der Waals surface area contributed by atoms with Crippen LogP contribution in [0.5, 0.6) is 0 Å². The van der Waals surface area contributed by atoms with E-state index in [9.17, 15) is 0 Å². The summed E-state index contributed by atoms with van der Waals surface area (Å²) in [6.45, 7) is 2.13. The van der Waals surface area contributed by atoms with Crippen molar-refractivity contribution in [3.05, 3.63) is 96.6 Å². The Kier molecular flexibility index (Phi) is 4.09. The average Bonchev–Trinajstić information content (AvgIpc) is 3.08. The van der Waals surface area contributed by atoms with Gasteiger partial charge in [-0.1, -0.05) is 0 Å². The van der Waals surface area contributed by atoms with Crippen LogP contribution in [0.3, 0.4) is 0 Å². The molecule has 0 N–H and O–H groups in total. The van der Waals surface area contributed by atoms with E-state index in [1.807, 2.05) is 0 Å². The predicted octanol–water partition coefficient (Wildman–Crippen LogP) is 5.22. The molecule has 5 rings (SSSR count). The molecule has 0 aliphatic rings. The van der Waals surface area contributed by atoms with E-state index in [0.717, 1.165) is 10.2 Å². The van der Waals surface area contributed by atoms with Gasteiger partial charge in [-0.3, -0.25) is 0 Å². The molecule has 27 heavy (non-hydrogen) atoms. The van der Waals surface area contributed by atoms with E-state index in [1.54, 1.807) is 0 Å². The van der Waals surface area contributed by atoms with Crippen LogP contribution >= 0.6 is 0 Å². The van der Waals surface area contributed by atoms with Crippen LogP contribution in [0.2, 0.25) is 0 Å². The van der Waals surface area contributed by atoms with Crippen LogP contribution in [-0.2, 0) is 0 Å². The first kappa shape index (κ1) is 16.4. The van der Waals surface area contributed by atoms with Gasteiger partial charge in [-0.05, 0) is 0 Å². The van der Waals surface area contributed by atoms with Crippen LogP contribution in [-0.4, -0.2) is 15.0 Å². The number of aryl methyl sites for hydroxylation is 1. The SMILES string of the molecule is Cc1ccc(-c2c([Se]c3ccccc3)oc3ccc4ccccc4c23)cc1. The van der Waals surface area contributed by atoms with Crippen molar-refractivity contribution in [3.8, 4) is 11.1 Å². The van der Waals surface area contributed by atoms with E-state index in [1.165, 1.54) is 37.3 Å². The second-order valence-electron chi connectivity index (χ2n) is 6.71. The Hall–Kier alpha value is -2.80. The first-order chi connectivity index (χ1) is 13.3. The first-order valence-electron chi connectivity index (χ1n) is 9.04. The summed E-state index contributed by atoms with van der Waals surface area (Å²) >= 11 is 0.113. The van der Waals surface area contributed by atoms with Gasteiger partial charge >= 0.3 is 165 Å². The van der Waals surface area contributed by atoms with Crippen molar-refractivity contribution in [2.75, 3.05) is 0 Å². The molecule has 0 fully saturated rings.